The molecule has 38 heavy (non-hydrogen) atoms. The Labute approximate surface area is 223 Å². The average Bonchev–Trinajstić information content (AvgIpc) is 3.00. The minimum Gasteiger partial charge on any atom is -0.344 e. The zero-order valence-corrected chi connectivity index (χ0v) is 21.3. The highest BCUT2D eigenvalue weighted by molar-refractivity contribution is 6.13. The zero-order chi connectivity index (χ0) is 25.5. The third kappa shape index (κ3) is 3.90. The summed E-state index contributed by atoms with van der Waals surface area (Å²) in [5, 5.41) is 7.65. The number of hydrogen-bond donors (Lipinski definition) is 0. The van der Waals surface area contributed by atoms with E-state index in [1.807, 2.05) is 0 Å². The van der Waals surface area contributed by atoms with Crippen molar-refractivity contribution >= 4 is 43.7 Å². The summed E-state index contributed by atoms with van der Waals surface area (Å²) in [6.07, 6.45) is 0. The first-order valence-electron chi connectivity index (χ1n) is 13.1. The van der Waals surface area contributed by atoms with Crippen LogP contribution in [-0.4, -0.2) is 7.05 Å². The van der Waals surface area contributed by atoms with Gasteiger partial charge in [0.15, 0.2) is 0 Å². The monoisotopic (exact) mass is 485 g/mol. The first-order valence-corrected chi connectivity index (χ1v) is 13.1. The van der Waals surface area contributed by atoms with Crippen LogP contribution in [0.5, 0.6) is 0 Å². The topological polar surface area (TPSA) is 3.24 Å². The van der Waals surface area contributed by atoms with E-state index in [-0.39, 0.29) is 0 Å². The first kappa shape index (κ1) is 22.3. The van der Waals surface area contributed by atoms with E-state index in [0.717, 1.165) is 0 Å². The highest BCUT2D eigenvalue weighted by atomic mass is 15.1. The predicted molar refractivity (Wildman–Crippen MR) is 164 cm³/mol. The van der Waals surface area contributed by atoms with E-state index < -0.39 is 0 Å². The summed E-state index contributed by atoms with van der Waals surface area (Å²) in [5.74, 6) is 0. The highest BCUT2D eigenvalue weighted by Gasteiger charge is 2.12. The predicted octanol–water partition coefficient (Wildman–Crippen LogP) is 10.2. The molecule has 0 fully saturated rings. The van der Waals surface area contributed by atoms with Crippen LogP contribution in [0, 0.1) is 0 Å². The lowest BCUT2D eigenvalue weighted by Gasteiger charge is -2.23. The van der Waals surface area contributed by atoms with Crippen LogP contribution in [0.25, 0.3) is 54.6 Å². The molecular formula is C37H27N. The van der Waals surface area contributed by atoms with Crippen LogP contribution in [-0.2, 0) is 0 Å². The molecule has 0 N–H and O–H groups in total. The van der Waals surface area contributed by atoms with Gasteiger partial charge in [-0.3, -0.25) is 0 Å². The second-order valence-corrected chi connectivity index (χ2v) is 9.91. The van der Waals surface area contributed by atoms with Crippen molar-refractivity contribution in [1.82, 2.24) is 0 Å². The maximum atomic E-state index is 2.30. The van der Waals surface area contributed by atoms with Crippen molar-refractivity contribution in [2.75, 3.05) is 11.9 Å². The molecule has 0 aliphatic heterocycles. The summed E-state index contributed by atoms with van der Waals surface area (Å²) in [4.78, 5) is 2.29. The van der Waals surface area contributed by atoms with Crippen LogP contribution < -0.4 is 4.90 Å². The fourth-order valence-electron chi connectivity index (χ4n) is 5.55. The van der Waals surface area contributed by atoms with Crippen molar-refractivity contribution < 1.29 is 0 Å². The fraction of sp³-hybridized carbons (Fsp3) is 0.0270. The van der Waals surface area contributed by atoms with Gasteiger partial charge in [-0.05, 0) is 73.5 Å². The molecule has 7 aromatic carbocycles. The van der Waals surface area contributed by atoms with Crippen LogP contribution in [0.1, 0.15) is 0 Å². The summed E-state index contributed by atoms with van der Waals surface area (Å²) >= 11 is 0. The Morgan fingerprint density at radius 3 is 1.58 bits per heavy atom. The smallest absolute Gasteiger partial charge is 0.0494 e. The Morgan fingerprint density at radius 2 is 0.868 bits per heavy atom. The Kier molecular flexibility index (Phi) is 5.41. The van der Waals surface area contributed by atoms with Gasteiger partial charge in [0.2, 0.25) is 0 Å². The van der Waals surface area contributed by atoms with Crippen molar-refractivity contribution in [3.63, 3.8) is 0 Å². The molecule has 0 atom stereocenters. The van der Waals surface area contributed by atoms with Gasteiger partial charge in [-0.1, -0.05) is 121 Å². The summed E-state index contributed by atoms with van der Waals surface area (Å²) in [6, 6.07) is 52.6. The van der Waals surface area contributed by atoms with E-state index in [1.54, 1.807) is 0 Å². The van der Waals surface area contributed by atoms with E-state index in [4.69, 9.17) is 0 Å². The lowest BCUT2D eigenvalue weighted by molar-refractivity contribution is 1.22. The fourth-order valence-corrected chi connectivity index (χ4v) is 5.55. The number of anilines is 2. The lowest BCUT2D eigenvalue weighted by Crippen LogP contribution is -2.10. The summed E-state index contributed by atoms with van der Waals surface area (Å²) in [6.45, 7) is 0. The van der Waals surface area contributed by atoms with Crippen molar-refractivity contribution in [1.29, 1.82) is 0 Å². The molecule has 0 aliphatic rings. The van der Waals surface area contributed by atoms with Gasteiger partial charge in [0.25, 0.3) is 0 Å². The van der Waals surface area contributed by atoms with Gasteiger partial charge in [-0.25, -0.2) is 0 Å². The summed E-state index contributed by atoms with van der Waals surface area (Å²) in [7, 11) is 2.16. The molecule has 0 bridgehead atoms. The third-order valence-corrected chi connectivity index (χ3v) is 7.66. The Morgan fingerprint density at radius 1 is 0.368 bits per heavy atom. The van der Waals surface area contributed by atoms with Gasteiger partial charge < -0.3 is 4.90 Å². The van der Waals surface area contributed by atoms with E-state index in [0.29, 0.717) is 0 Å². The average molecular weight is 486 g/mol. The number of hydrogen-bond acceptors (Lipinski definition) is 1. The van der Waals surface area contributed by atoms with Crippen molar-refractivity contribution in [3.8, 4) is 22.3 Å². The summed E-state index contributed by atoms with van der Waals surface area (Å²) in [5.41, 5.74) is 7.30. The third-order valence-electron chi connectivity index (χ3n) is 7.66. The molecule has 7 aromatic rings. The SMILES string of the molecule is CN(c1ccc(-c2ccc(-c3ccc4ccccc4c3)cc2)cc1)c1cc2ccccc2c2ccccc12. The van der Waals surface area contributed by atoms with Crippen molar-refractivity contribution in [2.45, 2.75) is 0 Å². The van der Waals surface area contributed by atoms with Gasteiger partial charge >= 0.3 is 0 Å². The van der Waals surface area contributed by atoms with Gasteiger partial charge in [0, 0.05) is 23.8 Å². The van der Waals surface area contributed by atoms with Crippen LogP contribution in [0.2, 0.25) is 0 Å². The van der Waals surface area contributed by atoms with Crippen LogP contribution in [0.3, 0.4) is 0 Å². The molecule has 0 unspecified atom stereocenters. The quantitative estimate of drug-likeness (QED) is 0.224. The largest absolute Gasteiger partial charge is 0.344 e. The lowest BCUT2D eigenvalue weighted by atomic mass is 9.98. The van der Waals surface area contributed by atoms with E-state index in [9.17, 15) is 0 Å². The van der Waals surface area contributed by atoms with Crippen molar-refractivity contribution in [2.24, 2.45) is 0 Å². The highest BCUT2D eigenvalue weighted by Crippen LogP contribution is 2.37. The normalized spacial score (nSPS) is 11.3. The van der Waals surface area contributed by atoms with Gasteiger partial charge in [-0.2, -0.15) is 0 Å². The maximum absolute atomic E-state index is 2.30. The molecule has 0 spiro atoms. The second-order valence-electron chi connectivity index (χ2n) is 9.91. The molecule has 0 amide bonds. The molecule has 0 heterocycles. The number of benzene rings is 7. The second kappa shape index (κ2) is 9.21. The molecule has 0 saturated carbocycles. The zero-order valence-electron chi connectivity index (χ0n) is 21.3. The Balaban J connectivity index is 1.19. The van der Waals surface area contributed by atoms with Gasteiger partial charge in [0.05, 0.1) is 0 Å². The van der Waals surface area contributed by atoms with E-state index >= 15 is 0 Å². The minimum atomic E-state index is 1.17. The van der Waals surface area contributed by atoms with E-state index in [1.165, 1.54) is 65.9 Å². The van der Waals surface area contributed by atoms with Crippen LogP contribution >= 0.6 is 0 Å². The summed E-state index contributed by atoms with van der Waals surface area (Å²) < 4.78 is 0. The standard InChI is InChI=1S/C37H27N/c1-38(37-25-32-10-4-5-11-34(32)35-12-6-7-13-36(35)37)33-22-20-28(21-23-33)27-14-16-29(17-15-27)31-19-18-26-8-2-3-9-30(26)24-31/h2-25H,1H3. The number of rotatable bonds is 4. The molecular weight excluding hydrogens is 458 g/mol. The molecule has 0 aromatic heterocycles. The molecule has 180 valence electrons. The Bertz CT molecular complexity index is 1910. The molecule has 0 saturated heterocycles. The maximum Gasteiger partial charge on any atom is 0.0494 e. The number of fused-ring (bicyclic) bond motifs is 4. The number of nitrogens with zero attached hydrogens (tertiary/aromatic N) is 1. The first-order chi connectivity index (χ1) is 18.7. The molecule has 7 rings (SSSR count). The van der Waals surface area contributed by atoms with Crippen LogP contribution in [0.15, 0.2) is 146 Å². The minimum absolute atomic E-state index is 1.17. The van der Waals surface area contributed by atoms with Gasteiger partial charge in [0.1, 0.15) is 0 Å². The Hall–Kier alpha value is -4.88. The molecule has 0 aliphatic carbocycles. The van der Waals surface area contributed by atoms with Gasteiger partial charge in [-0.15, -0.1) is 0 Å². The molecule has 1 heteroatoms. The molecule has 1 nitrogen and oxygen atoms in total. The van der Waals surface area contributed by atoms with Crippen LogP contribution in [0.4, 0.5) is 11.4 Å². The molecule has 0 radical (unpaired) electrons. The van der Waals surface area contributed by atoms with Crippen molar-refractivity contribution in [3.05, 3.63) is 146 Å². The van der Waals surface area contributed by atoms with E-state index in [2.05, 4.69) is 158 Å².